The van der Waals surface area contributed by atoms with Crippen LogP contribution in [-0.2, 0) is 4.74 Å². The average Bonchev–Trinajstić information content (AvgIpc) is 2.45. The van der Waals surface area contributed by atoms with Crippen molar-refractivity contribution in [1.29, 1.82) is 0 Å². The minimum absolute atomic E-state index is 0.131. The Labute approximate surface area is 141 Å². The summed E-state index contributed by atoms with van der Waals surface area (Å²) in [5, 5.41) is 0.260. The number of likely N-dealkylation sites (tertiary alicyclic amines) is 1. The number of rotatable bonds is 0. The molecule has 0 spiro atoms. The summed E-state index contributed by atoms with van der Waals surface area (Å²) in [7, 11) is 0. The number of anilines is 1. The predicted molar refractivity (Wildman–Crippen MR) is 88.9 cm³/mol. The van der Waals surface area contributed by atoms with Crippen LogP contribution in [0.4, 0.5) is 10.7 Å². The van der Waals surface area contributed by atoms with E-state index in [0.29, 0.717) is 18.7 Å². The Morgan fingerprint density at radius 1 is 1.43 bits per heavy atom. The molecular weight excluding hydrogens is 316 g/mol. The second-order valence-corrected chi connectivity index (χ2v) is 6.80. The smallest absolute Gasteiger partial charge is 0.410 e. The third-order valence-corrected chi connectivity index (χ3v) is 3.61. The molecular formula is C16H21ClN4O2. The number of nitrogens with two attached hydrogens (primary N) is 1. The maximum absolute atomic E-state index is 12.0. The van der Waals surface area contributed by atoms with E-state index in [4.69, 9.17) is 22.1 Å². The maximum Gasteiger partial charge on any atom is 0.410 e. The van der Waals surface area contributed by atoms with Crippen molar-refractivity contribution in [2.24, 2.45) is 5.92 Å². The highest BCUT2D eigenvalue weighted by atomic mass is 35.5. The van der Waals surface area contributed by atoms with Crippen molar-refractivity contribution in [3.8, 4) is 11.8 Å². The van der Waals surface area contributed by atoms with E-state index >= 15 is 0 Å². The molecule has 23 heavy (non-hydrogen) atoms. The van der Waals surface area contributed by atoms with Gasteiger partial charge in [-0.3, -0.25) is 0 Å². The van der Waals surface area contributed by atoms with E-state index in [9.17, 15) is 4.79 Å². The van der Waals surface area contributed by atoms with Crippen molar-refractivity contribution in [3.05, 3.63) is 16.9 Å². The van der Waals surface area contributed by atoms with Crippen molar-refractivity contribution in [1.82, 2.24) is 14.9 Å². The zero-order valence-corrected chi connectivity index (χ0v) is 14.4. The molecule has 124 valence electrons. The van der Waals surface area contributed by atoms with E-state index < -0.39 is 5.60 Å². The van der Waals surface area contributed by atoms with E-state index in [-0.39, 0.29) is 23.1 Å². The van der Waals surface area contributed by atoms with Gasteiger partial charge in [-0.25, -0.2) is 9.78 Å². The maximum atomic E-state index is 12.0. The van der Waals surface area contributed by atoms with Crippen LogP contribution < -0.4 is 5.73 Å². The molecule has 1 amide bonds. The summed E-state index contributed by atoms with van der Waals surface area (Å²) in [6, 6.07) is 0. The first-order chi connectivity index (χ1) is 10.7. The number of carbonyl (C=O) groups is 1. The third-order valence-electron chi connectivity index (χ3n) is 3.32. The van der Waals surface area contributed by atoms with Crippen molar-refractivity contribution in [2.45, 2.75) is 39.2 Å². The highest BCUT2D eigenvalue weighted by molar-refractivity contribution is 6.30. The minimum Gasteiger partial charge on any atom is -0.444 e. The molecule has 1 fully saturated rings. The number of hydrogen-bond donors (Lipinski definition) is 1. The summed E-state index contributed by atoms with van der Waals surface area (Å²) < 4.78 is 5.37. The Morgan fingerprint density at radius 3 is 2.65 bits per heavy atom. The zero-order chi connectivity index (χ0) is 17.0. The van der Waals surface area contributed by atoms with Gasteiger partial charge in [0.05, 0.1) is 5.56 Å². The number of nitrogen functional groups attached to an aromatic ring is 1. The summed E-state index contributed by atoms with van der Waals surface area (Å²) in [6.45, 7) is 6.87. The van der Waals surface area contributed by atoms with Crippen LogP contribution in [0.5, 0.6) is 0 Å². The van der Waals surface area contributed by atoms with Crippen molar-refractivity contribution in [2.75, 3.05) is 18.8 Å². The Kier molecular flexibility index (Phi) is 5.32. The molecule has 0 unspecified atom stereocenters. The number of carbonyl (C=O) groups excluding carboxylic acids is 1. The molecule has 7 heteroatoms. The lowest BCUT2D eigenvalue weighted by Gasteiger charge is -2.31. The van der Waals surface area contributed by atoms with Gasteiger partial charge in [-0.15, -0.1) is 0 Å². The van der Waals surface area contributed by atoms with Crippen LogP contribution in [0, 0.1) is 17.8 Å². The zero-order valence-electron chi connectivity index (χ0n) is 13.6. The molecule has 1 saturated heterocycles. The number of ether oxygens (including phenoxy) is 1. The summed E-state index contributed by atoms with van der Waals surface area (Å²) in [6.07, 6.45) is 2.87. The lowest BCUT2D eigenvalue weighted by atomic mass is 9.97. The van der Waals surface area contributed by atoms with Crippen LogP contribution in [0.15, 0.2) is 6.20 Å². The van der Waals surface area contributed by atoms with E-state index in [0.717, 1.165) is 12.8 Å². The van der Waals surface area contributed by atoms with Gasteiger partial charge in [-0.1, -0.05) is 23.4 Å². The Balaban J connectivity index is 1.90. The molecule has 0 aliphatic carbocycles. The van der Waals surface area contributed by atoms with Crippen LogP contribution in [-0.4, -0.2) is 39.7 Å². The third kappa shape index (κ3) is 5.29. The first-order valence-corrected chi connectivity index (χ1v) is 7.90. The molecule has 0 atom stereocenters. The van der Waals surface area contributed by atoms with Gasteiger partial charge in [0.25, 0.3) is 0 Å². The number of halogens is 1. The van der Waals surface area contributed by atoms with Gasteiger partial charge in [-0.2, -0.15) is 4.98 Å². The normalized spacial score (nSPS) is 15.7. The lowest BCUT2D eigenvalue weighted by Crippen LogP contribution is -2.41. The van der Waals surface area contributed by atoms with Crippen molar-refractivity contribution >= 4 is 23.6 Å². The fraction of sp³-hybridized carbons (Fsp3) is 0.562. The second-order valence-electron chi connectivity index (χ2n) is 6.44. The van der Waals surface area contributed by atoms with Crippen LogP contribution in [0.25, 0.3) is 0 Å². The number of nitrogens with zero attached hydrogens (tertiary/aromatic N) is 3. The highest BCUT2D eigenvalue weighted by Gasteiger charge is 2.26. The van der Waals surface area contributed by atoms with Gasteiger partial charge < -0.3 is 15.4 Å². The first kappa shape index (κ1) is 17.4. The van der Waals surface area contributed by atoms with Crippen molar-refractivity contribution < 1.29 is 9.53 Å². The lowest BCUT2D eigenvalue weighted by molar-refractivity contribution is 0.0199. The predicted octanol–water partition coefficient (Wildman–Crippen LogP) is 2.71. The molecule has 1 aliphatic rings. The van der Waals surface area contributed by atoms with Gasteiger partial charge in [0.1, 0.15) is 10.8 Å². The van der Waals surface area contributed by atoms with Crippen LogP contribution in [0.3, 0.4) is 0 Å². The van der Waals surface area contributed by atoms with Gasteiger partial charge in [0, 0.05) is 25.2 Å². The monoisotopic (exact) mass is 336 g/mol. The fourth-order valence-corrected chi connectivity index (χ4v) is 2.35. The van der Waals surface area contributed by atoms with Gasteiger partial charge in [0.2, 0.25) is 5.95 Å². The molecule has 2 N–H and O–H groups in total. The van der Waals surface area contributed by atoms with E-state index in [1.165, 1.54) is 6.20 Å². The fourth-order valence-electron chi connectivity index (χ4n) is 2.17. The average molecular weight is 337 g/mol. The van der Waals surface area contributed by atoms with Gasteiger partial charge >= 0.3 is 6.09 Å². The molecule has 1 aromatic heterocycles. The number of hydrogen-bond acceptors (Lipinski definition) is 5. The van der Waals surface area contributed by atoms with Gasteiger partial charge in [-0.05, 0) is 33.6 Å². The molecule has 1 aromatic rings. The highest BCUT2D eigenvalue weighted by Crippen LogP contribution is 2.19. The van der Waals surface area contributed by atoms with Crippen LogP contribution >= 0.6 is 11.6 Å². The second kappa shape index (κ2) is 7.05. The quantitative estimate of drug-likeness (QED) is 0.582. The summed E-state index contributed by atoms with van der Waals surface area (Å²) >= 11 is 5.97. The summed E-state index contributed by atoms with van der Waals surface area (Å²) in [5.41, 5.74) is 5.54. The van der Waals surface area contributed by atoms with Crippen LogP contribution in [0.1, 0.15) is 39.2 Å². The number of piperidine rings is 1. The molecule has 0 aromatic carbocycles. The van der Waals surface area contributed by atoms with Crippen molar-refractivity contribution in [3.63, 3.8) is 0 Å². The van der Waals surface area contributed by atoms with E-state index in [1.54, 1.807) is 4.90 Å². The summed E-state index contributed by atoms with van der Waals surface area (Å²) in [4.78, 5) is 21.5. The number of amides is 1. The molecule has 0 bridgehead atoms. The molecule has 2 rings (SSSR count). The van der Waals surface area contributed by atoms with Crippen LogP contribution in [0.2, 0.25) is 5.15 Å². The van der Waals surface area contributed by atoms with Gasteiger partial charge in [0.15, 0.2) is 0 Å². The van der Waals surface area contributed by atoms with E-state index in [1.807, 2.05) is 20.8 Å². The SMILES string of the molecule is CC(C)(C)OC(=O)N1CCC(C#Cc2cnc(N)nc2Cl)CC1. The Bertz CT molecular complexity index is 638. The number of aromatic nitrogens is 2. The minimum atomic E-state index is -0.473. The van der Waals surface area contributed by atoms with E-state index in [2.05, 4.69) is 21.8 Å². The topological polar surface area (TPSA) is 81.3 Å². The largest absolute Gasteiger partial charge is 0.444 e. The molecule has 6 nitrogen and oxygen atoms in total. The molecule has 0 radical (unpaired) electrons. The Hall–Kier alpha value is -2.00. The molecule has 2 heterocycles. The molecule has 0 saturated carbocycles. The Morgan fingerprint density at radius 2 is 2.09 bits per heavy atom. The standard InChI is InChI=1S/C16H21ClN4O2/c1-16(2,3)23-15(22)21-8-6-11(7-9-21)4-5-12-10-19-14(18)20-13(12)17/h10-11H,6-9H2,1-3H3,(H2,18,19,20). The summed E-state index contributed by atoms with van der Waals surface area (Å²) in [5.74, 6) is 6.51. The first-order valence-electron chi connectivity index (χ1n) is 7.52. The molecule has 1 aliphatic heterocycles.